The van der Waals surface area contributed by atoms with Crippen molar-refractivity contribution in [1.82, 2.24) is 0 Å². The first-order valence-corrected chi connectivity index (χ1v) is 8.43. The average Bonchev–Trinajstić information content (AvgIpc) is 3.35. The van der Waals surface area contributed by atoms with Crippen molar-refractivity contribution < 1.29 is 51.0 Å². The number of rotatable bonds is 1. The summed E-state index contributed by atoms with van der Waals surface area (Å²) in [7, 11) is 0. The molecule has 5 rings (SSSR count). The largest absolute Gasteiger partial charge is 4.00 e. The van der Waals surface area contributed by atoms with E-state index in [1.54, 1.807) is 0 Å². The van der Waals surface area contributed by atoms with Crippen molar-refractivity contribution >= 4 is 0 Å². The van der Waals surface area contributed by atoms with Crippen molar-refractivity contribution in [2.24, 2.45) is 5.92 Å². The number of benzene rings is 2. The quantitative estimate of drug-likeness (QED) is 0.413. The predicted molar refractivity (Wildman–Crippen MR) is 96.0 cm³/mol. The van der Waals surface area contributed by atoms with Crippen molar-refractivity contribution in [3.05, 3.63) is 96.1 Å². The van der Waals surface area contributed by atoms with Crippen molar-refractivity contribution in [3.8, 4) is 11.1 Å². The number of fused-ring (bicyclic) bond motifs is 3. The van der Waals surface area contributed by atoms with E-state index in [-0.39, 0.29) is 51.0 Å². The van der Waals surface area contributed by atoms with Crippen LogP contribution in [0.5, 0.6) is 0 Å². The minimum atomic E-state index is 0. The van der Waals surface area contributed by atoms with Crippen LogP contribution in [-0.4, -0.2) is 0 Å². The number of hydrogen-bond acceptors (Lipinski definition) is 0. The molecule has 2 aromatic carbocycles. The van der Waals surface area contributed by atoms with E-state index >= 15 is 0 Å². The molecule has 0 nitrogen and oxygen atoms in total. The van der Waals surface area contributed by atoms with Crippen LogP contribution in [0.15, 0.2) is 72.8 Å². The molecule has 0 bridgehead atoms. The molecular formula is C23H20Cl2Zr. The smallest absolute Gasteiger partial charge is 1.00 e. The van der Waals surface area contributed by atoms with Crippen LogP contribution in [0.4, 0.5) is 0 Å². The summed E-state index contributed by atoms with van der Waals surface area (Å²) in [5.41, 5.74) is 5.69. The molecule has 0 saturated carbocycles. The van der Waals surface area contributed by atoms with Crippen LogP contribution in [0.3, 0.4) is 0 Å². The first kappa shape index (κ1) is 23.2. The second-order valence-electron chi connectivity index (χ2n) is 6.23. The Morgan fingerprint density at radius 2 is 1.73 bits per heavy atom. The van der Waals surface area contributed by atoms with Gasteiger partial charge in [-0.2, -0.15) is 30.3 Å². The van der Waals surface area contributed by atoms with E-state index in [2.05, 4.69) is 72.8 Å². The van der Waals surface area contributed by atoms with Crippen molar-refractivity contribution in [2.75, 3.05) is 0 Å². The van der Waals surface area contributed by atoms with Gasteiger partial charge in [-0.3, -0.25) is 6.08 Å². The van der Waals surface area contributed by atoms with Gasteiger partial charge in [0.25, 0.3) is 0 Å². The first-order valence-electron chi connectivity index (χ1n) is 8.43. The monoisotopic (exact) mass is 456 g/mol. The second-order valence-corrected chi connectivity index (χ2v) is 6.23. The molecule has 0 amide bonds. The van der Waals surface area contributed by atoms with Crippen molar-refractivity contribution in [3.63, 3.8) is 0 Å². The minimum Gasteiger partial charge on any atom is -1.00 e. The summed E-state index contributed by atoms with van der Waals surface area (Å²) >= 11 is 0. The third-order valence-corrected chi connectivity index (χ3v) is 4.85. The van der Waals surface area contributed by atoms with Crippen molar-refractivity contribution in [2.45, 2.75) is 25.2 Å². The predicted octanol–water partition coefficient (Wildman–Crippen LogP) is -0.124. The number of halogens is 2. The van der Waals surface area contributed by atoms with Gasteiger partial charge in [0.05, 0.1) is 0 Å². The van der Waals surface area contributed by atoms with Crippen molar-refractivity contribution in [1.29, 1.82) is 0 Å². The van der Waals surface area contributed by atoms with Gasteiger partial charge in [0.1, 0.15) is 0 Å². The molecule has 3 aliphatic carbocycles. The molecule has 0 heterocycles. The van der Waals surface area contributed by atoms with Crippen LogP contribution in [0, 0.1) is 18.1 Å². The molecule has 2 unspecified atom stereocenters. The third-order valence-electron chi connectivity index (χ3n) is 4.85. The van der Waals surface area contributed by atoms with E-state index in [1.807, 2.05) is 12.2 Å². The molecular weight excluding hydrogens is 438 g/mol. The van der Waals surface area contributed by atoms with Gasteiger partial charge in [0, 0.05) is 0 Å². The van der Waals surface area contributed by atoms with Gasteiger partial charge in [-0.15, -0.1) is 17.5 Å². The Balaban J connectivity index is 0.000000372. The van der Waals surface area contributed by atoms with Gasteiger partial charge < -0.3 is 24.8 Å². The first-order chi connectivity index (χ1) is 11.4. The summed E-state index contributed by atoms with van der Waals surface area (Å²) in [6.07, 6.45) is 17.2. The summed E-state index contributed by atoms with van der Waals surface area (Å²) < 4.78 is 0. The van der Waals surface area contributed by atoms with E-state index in [4.69, 9.17) is 0 Å². The van der Waals surface area contributed by atoms with Gasteiger partial charge in [0.15, 0.2) is 0 Å². The van der Waals surface area contributed by atoms with Crippen LogP contribution in [0.2, 0.25) is 0 Å². The van der Waals surface area contributed by atoms with Gasteiger partial charge in [0.2, 0.25) is 0 Å². The van der Waals surface area contributed by atoms with Gasteiger partial charge in [-0.05, 0) is 30.2 Å². The fraction of sp³-hybridized carbons (Fsp3) is 0.217. The van der Waals surface area contributed by atoms with E-state index in [1.165, 1.54) is 35.1 Å². The Hall–Kier alpha value is -0.877. The molecule has 0 spiro atoms. The molecule has 26 heavy (non-hydrogen) atoms. The number of allylic oxidation sites excluding steroid dienone is 6. The zero-order valence-corrected chi connectivity index (χ0v) is 18.4. The van der Waals surface area contributed by atoms with Crippen LogP contribution in [-0.2, 0) is 26.2 Å². The molecule has 0 aromatic heterocycles. The normalized spacial score (nSPS) is 20.0. The molecule has 0 fully saturated rings. The maximum Gasteiger partial charge on any atom is 4.00 e. The molecule has 0 aliphatic heterocycles. The van der Waals surface area contributed by atoms with Gasteiger partial charge >= 0.3 is 26.2 Å². The Morgan fingerprint density at radius 3 is 2.38 bits per heavy atom. The third kappa shape index (κ3) is 4.69. The maximum absolute atomic E-state index is 3.49. The Labute approximate surface area is 188 Å². The Bertz CT molecular complexity index is 737. The summed E-state index contributed by atoms with van der Waals surface area (Å²) in [5.74, 6) is 1.18. The fourth-order valence-electron chi connectivity index (χ4n) is 3.83. The molecule has 3 heteroatoms. The summed E-state index contributed by atoms with van der Waals surface area (Å²) in [5, 5.41) is 0. The minimum absolute atomic E-state index is 0. The summed E-state index contributed by atoms with van der Waals surface area (Å²) in [6.45, 7) is 0. The number of hydrogen-bond donors (Lipinski definition) is 0. The fourth-order valence-corrected chi connectivity index (χ4v) is 3.83. The molecule has 3 aliphatic rings. The molecule has 2 aromatic rings. The Morgan fingerprint density at radius 1 is 0.923 bits per heavy atom. The molecule has 130 valence electrons. The molecule has 0 radical (unpaired) electrons. The van der Waals surface area contributed by atoms with Crippen LogP contribution in [0.25, 0.3) is 11.1 Å². The van der Waals surface area contributed by atoms with Crippen LogP contribution >= 0.6 is 0 Å². The second kappa shape index (κ2) is 11.1. The molecule has 2 atom stereocenters. The zero-order valence-electron chi connectivity index (χ0n) is 14.5. The summed E-state index contributed by atoms with van der Waals surface area (Å²) in [6, 6.07) is 18.7. The maximum atomic E-state index is 3.49. The van der Waals surface area contributed by atoms with Gasteiger partial charge in [-0.1, -0.05) is 42.0 Å². The SMILES string of the molecule is [C-]1=CC=CC1.[Cl-].[Cl-].[Zr+4].[c-]1cccc2c1C(C1C=CCC1)c1ccccc1-2. The van der Waals surface area contributed by atoms with E-state index < -0.39 is 0 Å². The zero-order chi connectivity index (χ0) is 15.5. The van der Waals surface area contributed by atoms with Crippen LogP contribution in [0.1, 0.15) is 36.3 Å². The topological polar surface area (TPSA) is 0 Å². The molecule has 0 N–H and O–H groups in total. The Kier molecular flexibility index (Phi) is 9.87. The van der Waals surface area contributed by atoms with E-state index in [0.29, 0.717) is 11.8 Å². The van der Waals surface area contributed by atoms with E-state index in [9.17, 15) is 0 Å². The van der Waals surface area contributed by atoms with Crippen LogP contribution < -0.4 is 24.8 Å². The molecule has 0 saturated heterocycles. The summed E-state index contributed by atoms with van der Waals surface area (Å²) in [4.78, 5) is 0. The standard InChI is InChI=1S/C18H15.C5H5.2ClH.Zr/c1-2-8-13(7-1)18-16-11-5-3-9-14(16)15-10-4-6-12-17(15)18;1-2-4-5-3-1;;;/h1,3-7,9-11,13,18H,2,8H2;1-3H,4H2;2*1H;/q2*-1;;;+4/p-2. The van der Waals surface area contributed by atoms with Gasteiger partial charge in [-0.25, -0.2) is 12.2 Å². The average molecular weight is 459 g/mol. The van der Waals surface area contributed by atoms with E-state index in [0.717, 1.165) is 6.42 Å².